The van der Waals surface area contributed by atoms with Gasteiger partial charge in [0.2, 0.25) is 0 Å². The van der Waals surface area contributed by atoms with Gasteiger partial charge in [-0.3, -0.25) is 4.79 Å². The van der Waals surface area contributed by atoms with Crippen molar-refractivity contribution < 1.29 is 4.79 Å². The molecule has 74 valence electrons. The minimum Gasteiger partial charge on any atom is -0.326 e. The molecular formula is C11H14N2O. The third-order valence-electron chi connectivity index (χ3n) is 2.66. The van der Waals surface area contributed by atoms with E-state index in [0.29, 0.717) is 6.54 Å². The molecule has 1 unspecified atom stereocenters. The van der Waals surface area contributed by atoms with Crippen molar-refractivity contribution in [2.24, 2.45) is 5.73 Å². The molecule has 1 aromatic carbocycles. The summed E-state index contributed by atoms with van der Waals surface area (Å²) in [5.74, 6) is 0.176. The summed E-state index contributed by atoms with van der Waals surface area (Å²) in [4.78, 5) is 11.7. The number of carbonyl (C=O) groups is 1. The lowest BCUT2D eigenvalue weighted by molar-refractivity contribution is 0.0939. The molecule has 1 aliphatic rings. The number of hydrogen-bond donors (Lipinski definition) is 2. The zero-order valence-electron chi connectivity index (χ0n) is 8.21. The fraction of sp³-hybridized carbons (Fsp3) is 0.364. The first-order valence-corrected chi connectivity index (χ1v) is 4.82. The Morgan fingerprint density at radius 2 is 2.36 bits per heavy atom. The molecule has 3 nitrogen and oxygen atoms in total. The van der Waals surface area contributed by atoms with E-state index in [1.807, 2.05) is 25.1 Å². The summed E-state index contributed by atoms with van der Waals surface area (Å²) >= 11 is 0. The van der Waals surface area contributed by atoms with Crippen LogP contribution < -0.4 is 11.1 Å². The van der Waals surface area contributed by atoms with E-state index in [2.05, 4.69) is 5.32 Å². The summed E-state index contributed by atoms with van der Waals surface area (Å²) in [5.41, 5.74) is 8.52. The van der Waals surface area contributed by atoms with Crippen molar-refractivity contribution in [3.8, 4) is 0 Å². The molecule has 0 amide bonds. The maximum Gasteiger partial charge on any atom is 0.179 e. The van der Waals surface area contributed by atoms with Gasteiger partial charge in [0, 0.05) is 18.7 Å². The van der Waals surface area contributed by atoms with Crippen molar-refractivity contribution in [2.45, 2.75) is 26.1 Å². The average Bonchev–Trinajstić information content (AvgIpc) is 2.23. The Hall–Kier alpha value is -1.19. The van der Waals surface area contributed by atoms with Crippen LogP contribution in [0.4, 0.5) is 0 Å². The molecule has 0 aliphatic carbocycles. The normalized spacial score (nSPS) is 20.7. The van der Waals surface area contributed by atoms with Crippen LogP contribution in [0.15, 0.2) is 18.2 Å². The Morgan fingerprint density at radius 1 is 1.57 bits per heavy atom. The fourth-order valence-electron chi connectivity index (χ4n) is 1.75. The lowest BCUT2D eigenvalue weighted by Crippen LogP contribution is -2.38. The second kappa shape index (κ2) is 3.52. The second-order valence-electron chi connectivity index (χ2n) is 3.66. The van der Waals surface area contributed by atoms with Gasteiger partial charge in [0.1, 0.15) is 0 Å². The number of fused-ring (bicyclic) bond motifs is 1. The van der Waals surface area contributed by atoms with Gasteiger partial charge in [-0.05, 0) is 18.1 Å². The Balaban J connectivity index is 2.44. The molecule has 0 fully saturated rings. The van der Waals surface area contributed by atoms with Crippen LogP contribution in [0.5, 0.6) is 0 Å². The first-order valence-electron chi connectivity index (χ1n) is 4.82. The molecule has 2 rings (SSSR count). The van der Waals surface area contributed by atoms with Crippen molar-refractivity contribution in [2.75, 3.05) is 0 Å². The Morgan fingerprint density at radius 3 is 3.07 bits per heavy atom. The molecule has 1 aliphatic heterocycles. The Bertz CT molecular complexity index is 374. The lowest BCUT2D eigenvalue weighted by Gasteiger charge is -2.22. The van der Waals surface area contributed by atoms with Crippen LogP contribution in [-0.2, 0) is 13.1 Å². The number of Topliss-reactive ketones (excluding diaryl/α,β-unsaturated/α-hetero) is 1. The van der Waals surface area contributed by atoms with Crippen LogP contribution in [0.25, 0.3) is 0 Å². The number of hydrogen-bond acceptors (Lipinski definition) is 3. The molecule has 0 saturated heterocycles. The first-order chi connectivity index (χ1) is 6.72. The molecule has 0 aromatic heterocycles. The molecule has 1 heterocycles. The topological polar surface area (TPSA) is 55.1 Å². The summed E-state index contributed by atoms with van der Waals surface area (Å²) in [6.45, 7) is 3.18. The van der Waals surface area contributed by atoms with Crippen molar-refractivity contribution in [3.05, 3.63) is 34.9 Å². The largest absolute Gasteiger partial charge is 0.326 e. The van der Waals surface area contributed by atoms with Gasteiger partial charge in [-0.15, -0.1) is 0 Å². The summed E-state index contributed by atoms with van der Waals surface area (Å²) < 4.78 is 0. The minimum absolute atomic E-state index is 0.0637. The zero-order chi connectivity index (χ0) is 10.1. The number of nitrogens with two attached hydrogens (primary N) is 1. The molecule has 3 heteroatoms. The Kier molecular flexibility index (Phi) is 2.35. The predicted octanol–water partition coefficient (Wildman–Crippen LogP) is 0.820. The fourth-order valence-corrected chi connectivity index (χ4v) is 1.75. The van der Waals surface area contributed by atoms with E-state index in [1.54, 1.807) is 0 Å². The molecule has 3 N–H and O–H groups in total. The number of benzene rings is 1. The second-order valence-corrected chi connectivity index (χ2v) is 3.66. The standard InChI is InChI=1S/C11H14N2O/c1-7-11(14)10-3-2-8(5-12)4-9(10)6-13-7/h2-4,7,13H,5-6,12H2,1H3. The average molecular weight is 190 g/mol. The van der Waals surface area contributed by atoms with Crippen LogP contribution in [0, 0.1) is 0 Å². The van der Waals surface area contributed by atoms with Gasteiger partial charge < -0.3 is 11.1 Å². The van der Waals surface area contributed by atoms with Crippen molar-refractivity contribution in [3.63, 3.8) is 0 Å². The number of ketones is 1. The van der Waals surface area contributed by atoms with Gasteiger partial charge in [-0.2, -0.15) is 0 Å². The van der Waals surface area contributed by atoms with Gasteiger partial charge in [-0.25, -0.2) is 0 Å². The minimum atomic E-state index is -0.0637. The zero-order valence-corrected chi connectivity index (χ0v) is 8.21. The first kappa shape index (κ1) is 9.37. The van der Waals surface area contributed by atoms with E-state index < -0.39 is 0 Å². The van der Waals surface area contributed by atoms with Crippen molar-refractivity contribution >= 4 is 5.78 Å². The Labute approximate surface area is 83.3 Å². The highest BCUT2D eigenvalue weighted by atomic mass is 16.1. The van der Waals surface area contributed by atoms with Crippen LogP contribution in [0.3, 0.4) is 0 Å². The summed E-state index contributed by atoms with van der Waals surface area (Å²) in [7, 11) is 0. The highest BCUT2D eigenvalue weighted by Crippen LogP contribution is 2.18. The van der Waals surface area contributed by atoms with E-state index in [0.717, 1.165) is 23.2 Å². The third-order valence-corrected chi connectivity index (χ3v) is 2.66. The molecule has 1 atom stereocenters. The van der Waals surface area contributed by atoms with E-state index in [4.69, 9.17) is 5.73 Å². The summed E-state index contributed by atoms with van der Waals surface area (Å²) in [6, 6.07) is 5.75. The highest BCUT2D eigenvalue weighted by molar-refractivity contribution is 6.02. The molecule has 0 bridgehead atoms. The summed E-state index contributed by atoms with van der Waals surface area (Å²) in [6.07, 6.45) is 0. The van der Waals surface area contributed by atoms with E-state index in [1.165, 1.54) is 0 Å². The van der Waals surface area contributed by atoms with Gasteiger partial charge >= 0.3 is 0 Å². The van der Waals surface area contributed by atoms with Crippen LogP contribution >= 0.6 is 0 Å². The number of carbonyl (C=O) groups excluding carboxylic acids is 1. The van der Waals surface area contributed by atoms with E-state index in [9.17, 15) is 4.79 Å². The molecule has 0 radical (unpaired) electrons. The monoisotopic (exact) mass is 190 g/mol. The van der Waals surface area contributed by atoms with Crippen LogP contribution in [0.2, 0.25) is 0 Å². The van der Waals surface area contributed by atoms with E-state index >= 15 is 0 Å². The van der Waals surface area contributed by atoms with Gasteiger partial charge in [0.15, 0.2) is 5.78 Å². The molecule has 14 heavy (non-hydrogen) atoms. The smallest absolute Gasteiger partial charge is 0.179 e. The predicted molar refractivity (Wildman–Crippen MR) is 55.0 cm³/mol. The van der Waals surface area contributed by atoms with Gasteiger partial charge in [0.05, 0.1) is 6.04 Å². The third kappa shape index (κ3) is 1.45. The van der Waals surface area contributed by atoms with E-state index in [-0.39, 0.29) is 11.8 Å². The van der Waals surface area contributed by atoms with Crippen LogP contribution in [0.1, 0.15) is 28.4 Å². The number of nitrogens with one attached hydrogen (secondary N) is 1. The molecule has 0 saturated carbocycles. The van der Waals surface area contributed by atoms with Crippen molar-refractivity contribution in [1.29, 1.82) is 0 Å². The van der Waals surface area contributed by atoms with Gasteiger partial charge in [-0.1, -0.05) is 18.2 Å². The summed E-state index contributed by atoms with van der Waals surface area (Å²) in [5, 5.41) is 3.15. The van der Waals surface area contributed by atoms with Crippen LogP contribution in [-0.4, -0.2) is 11.8 Å². The SMILES string of the molecule is CC1NCc2cc(CN)ccc2C1=O. The molecular weight excluding hydrogens is 176 g/mol. The maximum atomic E-state index is 11.7. The van der Waals surface area contributed by atoms with Crippen molar-refractivity contribution in [1.82, 2.24) is 5.32 Å². The molecule has 0 spiro atoms. The molecule has 1 aromatic rings. The number of rotatable bonds is 1. The lowest BCUT2D eigenvalue weighted by atomic mass is 9.94. The van der Waals surface area contributed by atoms with Gasteiger partial charge in [0.25, 0.3) is 0 Å². The quantitative estimate of drug-likeness (QED) is 0.689. The maximum absolute atomic E-state index is 11.7. The highest BCUT2D eigenvalue weighted by Gasteiger charge is 2.22.